The van der Waals surface area contributed by atoms with Crippen molar-refractivity contribution in [2.45, 2.75) is 13.0 Å². The maximum absolute atomic E-state index is 12.0. The lowest BCUT2D eigenvalue weighted by Crippen LogP contribution is -2.30. The number of nitrogens with zero attached hydrogens (tertiary/aromatic N) is 1. The second-order valence-electron chi connectivity index (χ2n) is 5.78. The van der Waals surface area contributed by atoms with Crippen LogP contribution in [0.1, 0.15) is 29.0 Å². The van der Waals surface area contributed by atoms with Crippen LogP contribution in [0.2, 0.25) is 0 Å². The van der Waals surface area contributed by atoms with Crippen molar-refractivity contribution in [3.63, 3.8) is 0 Å². The van der Waals surface area contributed by atoms with Crippen molar-refractivity contribution in [1.82, 2.24) is 10.3 Å². The lowest BCUT2D eigenvalue weighted by Gasteiger charge is -2.18. The third kappa shape index (κ3) is 5.59. The Kier molecular flexibility index (Phi) is 6.54. The Balaban J connectivity index is 1.54. The fourth-order valence-corrected chi connectivity index (χ4v) is 3.62. The zero-order valence-electron chi connectivity index (χ0n) is 14.4. The van der Waals surface area contributed by atoms with Gasteiger partial charge in [0.15, 0.2) is 5.11 Å². The SMILES string of the molecule is CC(NC(=S)Nc1ccc(NC(=O)c2cscn2)cc1)c1cccc(Br)c1. The molecular weight excluding hydrogens is 444 g/mol. The normalized spacial score (nSPS) is 11.5. The van der Waals surface area contributed by atoms with Gasteiger partial charge in [-0.15, -0.1) is 11.3 Å². The van der Waals surface area contributed by atoms with Gasteiger partial charge in [-0.05, 0) is 61.1 Å². The zero-order valence-corrected chi connectivity index (χ0v) is 17.6. The molecule has 0 aliphatic heterocycles. The molecule has 0 saturated carbocycles. The number of carbonyl (C=O) groups excluding carboxylic acids is 1. The summed E-state index contributed by atoms with van der Waals surface area (Å²) < 4.78 is 1.03. The molecule has 1 heterocycles. The molecule has 27 heavy (non-hydrogen) atoms. The number of rotatable bonds is 5. The Bertz CT molecular complexity index is 929. The maximum atomic E-state index is 12.0. The van der Waals surface area contributed by atoms with Gasteiger partial charge in [-0.1, -0.05) is 28.1 Å². The minimum atomic E-state index is -0.225. The molecule has 3 rings (SSSR count). The number of thiocarbonyl (C=S) groups is 1. The summed E-state index contributed by atoms with van der Waals surface area (Å²) in [5.74, 6) is -0.225. The number of thiazole rings is 1. The van der Waals surface area contributed by atoms with Crippen molar-refractivity contribution in [3.8, 4) is 0 Å². The molecule has 3 N–H and O–H groups in total. The molecule has 2 aromatic carbocycles. The van der Waals surface area contributed by atoms with Crippen molar-refractivity contribution in [2.75, 3.05) is 10.6 Å². The van der Waals surface area contributed by atoms with Crippen LogP contribution in [-0.2, 0) is 0 Å². The highest BCUT2D eigenvalue weighted by Crippen LogP contribution is 2.19. The minimum Gasteiger partial charge on any atom is -0.356 e. The molecule has 5 nitrogen and oxygen atoms in total. The van der Waals surface area contributed by atoms with Crippen LogP contribution >= 0.6 is 39.5 Å². The number of benzene rings is 2. The average Bonchev–Trinajstić information content (AvgIpc) is 3.18. The van der Waals surface area contributed by atoms with E-state index < -0.39 is 0 Å². The Morgan fingerprint density at radius 1 is 1.15 bits per heavy atom. The third-order valence-corrected chi connectivity index (χ3v) is 5.06. The van der Waals surface area contributed by atoms with Crippen molar-refractivity contribution >= 4 is 61.9 Å². The molecule has 138 valence electrons. The molecule has 0 saturated heterocycles. The molecule has 8 heteroatoms. The molecule has 0 aliphatic rings. The lowest BCUT2D eigenvalue weighted by molar-refractivity contribution is 0.102. The Labute approximate surface area is 175 Å². The molecular formula is C19H17BrN4OS2. The van der Waals surface area contributed by atoms with Gasteiger partial charge in [-0.2, -0.15) is 0 Å². The van der Waals surface area contributed by atoms with Crippen LogP contribution in [0.4, 0.5) is 11.4 Å². The molecule has 0 aliphatic carbocycles. The van der Waals surface area contributed by atoms with Crippen molar-refractivity contribution in [2.24, 2.45) is 0 Å². The Morgan fingerprint density at radius 2 is 1.85 bits per heavy atom. The molecule has 1 unspecified atom stereocenters. The predicted molar refractivity (Wildman–Crippen MR) is 118 cm³/mol. The van der Waals surface area contributed by atoms with Gasteiger partial charge < -0.3 is 16.0 Å². The van der Waals surface area contributed by atoms with E-state index in [-0.39, 0.29) is 11.9 Å². The smallest absolute Gasteiger partial charge is 0.275 e. The maximum Gasteiger partial charge on any atom is 0.275 e. The fraction of sp³-hybridized carbons (Fsp3) is 0.105. The van der Waals surface area contributed by atoms with Crippen molar-refractivity contribution < 1.29 is 4.79 Å². The number of hydrogen-bond donors (Lipinski definition) is 3. The first kappa shape index (κ1) is 19.5. The summed E-state index contributed by atoms with van der Waals surface area (Å²) in [5, 5.41) is 11.5. The van der Waals surface area contributed by atoms with Crippen LogP contribution in [0.5, 0.6) is 0 Å². The second-order valence-corrected chi connectivity index (χ2v) is 7.82. The van der Waals surface area contributed by atoms with Crippen LogP contribution in [0.15, 0.2) is 63.9 Å². The Morgan fingerprint density at radius 3 is 2.48 bits per heavy atom. The van der Waals surface area contributed by atoms with Gasteiger partial charge in [0.25, 0.3) is 5.91 Å². The first-order valence-electron chi connectivity index (χ1n) is 8.14. The second kappa shape index (κ2) is 9.07. The van der Waals surface area contributed by atoms with Gasteiger partial charge >= 0.3 is 0 Å². The van der Waals surface area contributed by atoms with E-state index >= 15 is 0 Å². The standard InChI is InChI=1S/C19H17BrN4OS2/c1-12(13-3-2-4-14(20)9-13)22-19(26)24-16-7-5-15(6-8-16)23-18(25)17-10-27-11-21-17/h2-12H,1H3,(H,23,25)(H2,22,24,26). The van der Waals surface area contributed by atoms with Gasteiger partial charge in [0.1, 0.15) is 5.69 Å². The van der Waals surface area contributed by atoms with Crippen LogP contribution in [0.25, 0.3) is 0 Å². The average molecular weight is 461 g/mol. The third-order valence-electron chi connectivity index (χ3n) is 3.76. The van der Waals surface area contributed by atoms with E-state index in [1.54, 1.807) is 10.9 Å². The van der Waals surface area contributed by atoms with E-state index in [4.69, 9.17) is 12.2 Å². The quantitative estimate of drug-likeness (QED) is 0.456. The molecule has 3 aromatic rings. The predicted octanol–water partition coefficient (Wildman–Crippen LogP) is 5.21. The summed E-state index contributed by atoms with van der Waals surface area (Å²) >= 11 is 10.3. The first-order valence-corrected chi connectivity index (χ1v) is 10.3. The number of anilines is 2. The number of carbonyl (C=O) groups is 1. The summed E-state index contributed by atoms with van der Waals surface area (Å²) in [7, 11) is 0. The summed E-state index contributed by atoms with van der Waals surface area (Å²) in [5.41, 5.74) is 4.70. The van der Waals surface area contributed by atoms with Crippen LogP contribution in [0, 0.1) is 0 Å². The highest BCUT2D eigenvalue weighted by atomic mass is 79.9. The van der Waals surface area contributed by atoms with Gasteiger partial charge in [0, 0.05) is 21.2 Å². The number of hydrogen-bond acceptors (Lipinski definition) is 4. The fourth-order valence-electron chi connectivity index (χ4n) is 2.38. The molecule has 0 radical (unpaired) electrons. The largest absolute Gasteiger partial charge is 0.356 e. The summed E-state index contributed by atoms with van der Waals surface area (Å²) in [6, 6.07) is 15.5. The van der Waals surface area contributed by atoms with Gasteiger partial charge in [0.2, 0.25) is 0 Å². The molecule has 1 aromatic heterocycles. The van der Waals surface area contributed by atoms with Gasteiger partial charge in [0.05, 0.1) is 11.6 Å². The number of aromatic nitrogens is 1. The summed E-state index contributed by atoms with van der Waals surface area (Å²) in [6.45, 7) is 2.05. The summed E-state index contributed by atoms with van der Waals surface area (Å²) in [6.07, 6.45) is 0. The van der Waals surface area contributed by atoms with Gasteiger partial charge in [-0.3, -0.25) is 4.79 Å². The molecule has 1 atom stereocenters. The number of nitrogens with one attached hydrogen (secondary N) is 3. The van der Waals surface area contributed by atoms with E-state index in [1.807, 2.05) is 49.4 Å². The van der Waals surface area contributed by atoms with Gasteiger partial charge in [-0.25, -0.2) is 4.98 Å². The minimum absolute atomic E-state index is 0.0687. The van der Waals surface area contributed by atoms with E-state index in [2.05, 4.69) is 42.9 Å². The van der Waals surface area contributed by atoms with Crippen molar-refractivity contribution in [1.29, 1.82) is 0 Å². The monoisotopic (exact) mass is 460 g/mol. The van der Waals surface area contributed by atoms with Crippen molar-refractivity contribution in [3.05, 3.63) is 75.2 Å². The molecule has 0 spiro atoms. The topological polar surface area (TPSA) is 66.0 Å². The van der Waals surface area contributed by atoms with E-state index in [0.717, 1.165) is 15.7 Å². The lowest BCUT2D eigenvalue weighted by atomic mass is 10.1. The zero-order chi connectivity index (χ0) is 19.2. The van der Waals surface area contributed by atoms with E-state index in [0.29, 0.717) is 16.5 Å². The Hall–Kier alpha value is -2.29. The number of amides is 1. The highest BCUT2D eigenvalue weighted by Gasteiger charge is 2.09. The number of halogens is 1. The molecule has 0 bridgehead atoms. The first-order chi connectivity index (χ1) is 13.0. The summed E-state index contributed by atoms with van der Waals surface area (Å²) in [4.78, 5) is 16.0. The highest BCUT2D eigenvalue weighted by molar-refractivity contribution is 9.10. The molecule has 1 amide bonds. The van der Waals surface area contributed by atoms with Crippen LogP contribution in [-0.4, -0.2) is 16.0 Å². The van der Waals surface area contributed by atoms with Crippen LogP contribution < -0.4 is 16.0 Å². The van der Waals surface area contributed by atoms with Crippen LogP contribution in [0.3, 0.4) is 0 Å². The van der Waals surface area contributed by atoms with E-state index in [1.165, 1.54) is 11.3 Å². The van der Waals surface area contributed by atoms with E-state index in [9.17, 15) is 4.79 Å². The molecule has 0 fully saturated rings.